The molecule has 0 bridgehead atoms. The minimum absolute atomic E-state index is 0.673. The normalized spacial score (nSPS) is 11.4. The summed E-state index contributed by atoms with van der Waals surface area (Å²) < 4.78 is 1.85. The first-order chi connectivity index (χ1) is 7.77. The zero-order valence-electron chi connectivity index (χ0n) is 8.51. The number of rotatable bonds is 2. The van der Waals surface area contributed by atoms with Gasteiger partial charge in [0, 0.05) is 11.6 Å². The van der Waals surface area contributed by atoms with Gasteiger partial charge in [0.2, 0.25) is 5.69 Å². The molecule has 0 N–H and O–H groups in total. The molecule has 2 nitrogen and oxygen atoms in total. The number of hydrogen-bond acceptors (Lipinski definition) is 1. The van der Waals surface area contributed by atoms with Crippen LogP contribution in [0.15, 0.2) is 54.6 Å². The summed E-state index contributed by atoms with van der Waals surface area (Å²) >= 11 is 2.16. The van der Waals surface area contributed by atoms with Crippen molar-refractivity contribution in [1.29, 1.82) is 0 Å². The number of para-hydroxylation sites is 1. The van der Waals surface area contributed by atoms with Gasteiger partial charge < -0.3 is 5.21 Å². The molecule has 0 unspecified atom stereocenters. The third-order valence-electron chi connectivity index (χ3n) is 2.16. The molecule has 2 aromatic rings. The molecule has 0 radical (unpaired) electrons. The van der Waals surface area contributed by atoms with Gasteiger partial charge in [0.1, 0.15) is 0 Å². The highest BCUT2D eigenvalue weighted by atomic mass is 127. The summed E-state index contributed by atoms with van der Waals surface area (Å²) in [5.74, 6) is 0. The predicted molar refractivity (Wildman–Crippen MR) is 74.1 cm³/mol. The smallest absolute Gasteiger partial charge is 0.229 e. The SMILES string of the molecule is [O-]/[N+](=C/c1ccccc1)c1ccccc1I. The quantitative estimate of drug-likeness (QED) is 0.273. The minimum atomic E-state index is 0.673. The van der Waals surface area contributed by atoms with Gasteiger partial charge in [-0.15, -0.1) is 0 Å². The van der Waals surface area contributed by atoms with Crippen LogP contribution in [0.5, 0.6) is 0 Å². The van der Waals surface area contributed by atoms with Gasteiger partial charge in [-0.25, -0.2) is 0 Å². The maximum atomic E-state index is 11.9. The maximum Gasteiger partial charge on any atom is 0.229 e. The molecule has 0 amide bonds. The van der Waals surface area contributed by atoms with E-state index in [0.717, 1.165) is 13.9 Å². The fourth-order valence-electron chi connectivity index (χ4n) is 1.37. The van der Waals surface area contributed by atoms with Crippen LogP contribution in [-0.4, -0.2) is 11.0 Å². The van der Waals surface area contributed by atoms with Gasteiger partial charge in [-0.05, 0) is 40.8 Å². The van der Waals surface area contributed by atoms with E-state index in [4.69, 9.17) is 0 Å². The molecule has 0 fully saturated rings. The summed E-state index contributed by atoms with van der Waals surface area (Å²) in [7, 11) is 0. The van der Waals surface area contributed by atoms with Crippen LogP contribution in [0.1, 0.15) is 5.56 Å². The van der Waals surface area contributed by atoms with Crippen LogP contribution >= 0.6 is 22.6 Å². The number of nitrogens with zero attached hydrogens (tertiary/aromatic N) is 1. The molecule has 0 aliphatic rings. The Hall–Kier alpha value is -1.36. The zero-order valence-corrected chi connectivity index (χ0v) is 10.7. The van der Waals surface area contributed by atoms with E-state index >= 15 is 0 Å². The van der Waals surface area contributed by atoms with Crippen molar-refractivity contribution in [2.75, 3.05) is 0 Å². The topological polar surface area (TPSA) is 26.1 Å². The molecular weight excluding hydrogens is 313 g/mol. The lowest BCUT2D eigenvalue weighted by molar-refractivity contribution is -0.355. The summed E-state index contributed by atoms with van der Waals surface area (Å²) in [6.07, 6.45) is 1.58. The molecule has 0 aliphatic carbocycles. The summed E-state index contributed by atoms with van der Waals surface area (Å²) in [6.45, 7) is 0. The zero-order chi connectivity index (χ0) is 11.4. The third kappa shape index (κ3) is 2.61. The lowest BCUT2D eigenvalue weighted by atomic mass is 10.2. The Bertz CT molecular complexity index is 508. The van der Waals surface area contributed by atoms with E-state index in [9.17, 15) is 5.21 Å². The molecule has 2 rings (SSSR count). The van der Waals surface area contributed by atoms with Gasteiger partial charge >= 0.3 is 0 Å². The van der Waals surface area contributed by atoms with Crippen LogP contribution in [0, 0.1) is 8.78 Å². The van der Waals surface area contributed by atoms with E-state index in [-0.39, 0.29) is 0 Å². The van der Waals surface area contributed by atoms with Crippen LogP contribution < -0.4 is 0 Å². The van der Waals surface area contributed by atoms with Crippen molar-refractivity contribution < 1.29 is 4.74 Å². The van der Waals surface area contributed by atoms with Crippen LogP contribution in [0.25, 0.3) is 0 Å². The Morgan fingerprint density at radius 1 is 0.938 bits per heavy atom. The Morgan fingerprint density at radius 2 is 1.56 bits per heavy atom. The molecule has 80 valence electrons. The molecule has 2 aromatic carbocycles. The molecular formula is C13H10INO. The lowest BCUT2D eigenvalue weighted by Gasteiger charge is -2.04. The highest BCUT2D eigenvalue weighted by Crippen LogP contribution is 2.19. The average Bonchev–Trinajstić information content (AvgIpc) is 2.31. The first-order valence-corrected chi connectivity index (χ1v) is 5.96. The third-order valence-corrected chi connectivity index (χ3v) is 3.07. The van der Waals surface area contributed by atoms with E-state index in [1.54, 1.807) is 6.21 Å². The van der Waals surface area contributed by atoms with Gasteiger partial charge in [0.05, 0.1) is 3.57 Å². The Labute approximate surface area is 108 Å². The largest absolute Gasteiger partial charge is 0.618 e. The van der Waals surface area contributed by atoms with Crippen LogP contribution in [0.3, 0.4) is 0 Å². The second-order valence-corrected chi connectivity index (χ2v) is 4.48. The van der Waals surface area contributed by atoms with Gasteiger partial charge in [0.25, 0.3) is 0 Å². The molecule has 0 aliphatic heterocycles. The lowest BCUT2D eigenvalue weighted by Crippen LogP contribution is -2.00. The van der Waals surface area contributed by atoms with Gasteiger partial charge in [-0.1, -0.05) is 30.3 Å². The van der Waals surface area contributed by atoms with Gasteiger partial charge in [-0.2, -0.15) is 4.74 Å². The fourth-order valence-corrected chi connectivity index (χ4v) is 2.00. The number of benzene rings is 2. The Kier molecular flexibility index (Phi) is 3.56. The highest BCUT2D eigenvalue weighted by molar-refractivity contribution is 14.1. The van der Waals surface area contributed by atoms with Gasteiger partial charge in [-0.3, -0.25) is 0 Å². The van der Waals surface area contributed by atoms with Crippen LogP contribution in [-0.2, 0) is 0 Å². The summed E-state index contributed by atoms with van der Waals surface area (Å²) in [4.78, 5) is 0. The fraction of sp³-hybridized carbons (Fsp3) is 0. The van der Waals surface area contributed by atoms with E-state index < -0.39 is 0 Å². The van der Waals surface area contributed by atoms with Crippen molar-refractivity contribution in [3.63, 3.8) is 0 Å². The van der Waals surface area contributed by atoms with Crippen molar-refractivity contribution in [3.05, 3.63) is 68.9 Å². The average molecular weight is 323 g/mol. The maximum absolute atomic E-state index is 11.9. The second-order valence-electron chi connectivity index (χ2n) is 3.32. The molecule has 0 saturated carbocycles. The van der Waals surface area contributed by atoms with Crippen molar-refractivity contribution in [3.8, 4) is 0 Å². The number of hydrogen-bond donors (Lipinski definition) is 0. The van der Waals surface area contributed by atoms with Gasteiger partial charge in [0.15, 0.2) is 6.21 Å². The summed E-state index contributed by atoms with van der Waals surface area (Å²) in [5.41, 5.74) is 1.57. The Balaban J connectivity index is 2.36. The van der Waals surface area contributed by atoms with Crippen LogP contribution in [0.4, 0.5) is 5.69 Å². The summed E-state index contributed by atoms with van der Waals surface area (Å²) in [6, 6.07) is 17.1. The molecule has 0 heterocycles. The minimum Gasteiger partial charge on any atom is -0.618 e. The van der Waals surface area contributed by atoms with Crippen molar-refractivity contribution in [2.24, 2.45) is 0 Å². The monoisotopic (exact) mass is 323 g/mol. The van der Waals surface area contributed by atoms with E-state index in [1.165, 1.54) is 0 Å². The first-order valence-electron chi connectivity index (χ1n) is 4.88. The summed E-state index contributed by atoms with van der Waals surface area (Å²) in [5, 5.41) is 11.9. The van der Waals surface area contributed by atoms with Crippen molar-refractivity contribution in [1.82, 2.24) is 0 Å². The van der Waals surface area contributed by atoms with E-state index in [0.29, 0.717) is 5.69 Å². The van der Waals surface area contributed by atoms with E-state index in [2.05, 4.69) is 22.6 Å². The molecule has 3 heteroatoms. The molecule has 0 saturated heterocycles. The second kappa shape index (κ2) is 5.12. The first kappa shape index (κ1) is 11.1. The predicted octanol–water partition coefficient (Wildman–Crippen LogP) is 3.55. The highest BCUT2D eigenvalue weighted by Gasteiger charge is 2.05. The van der Waals surface area contributed by atoms with Crippen LogP contribution in [0.2, 0.25) is 0 Å². The van der Waals surface area contributed by atoms with E-state index in [1.807, 2.05) is 54.6 Å². The standard InChI is InChI=1S/C13H10INO/c14-12-8-4-5-9-13(12)15(16)10-11-6-2-1-3-7-11/h1-10H/b15-10+. The molecule has 16 heavy (non-hydrogen) atoms. The molecule has 0 atom stereocenters. The molecule has 0 aromatic heterocycles. The Morgan fingerprint density at radius 3 is 2.25 bits per heavy atom. The number of halogens is 1. The van der Waals surface area contributed by atoms with Crippen molar-refractivity contribution >= 4 is 34.5 Å². The molecule has 0 spiro atoms. The van der Waals surface area contributed by atoms with Crippen molar-refractivity contribution in [2.45, 2.75) is 0 Å².